The molecule has 0 atom stereocenters. The third kappa shape index (κ3) is 3.14. The van der Waals surface area contributed by atoms with Gasteiger partial charge in [0.2, 0.25) is 5.28 Å². The molecule has 1 N–H and O–H groups in total. The van der Waals surface area contributed by atoms with E-state index in [1.165, 1.54) is 5.56 Å². The highest BCUT2D eigenvalue weighted by atomic mass is 35.5. The van der Waals surface area contributed by atoms with E-state index in [0.717, 1.165) is 16.9 Å². The van der Waals surface area contributed by atoms with Gasteiger partial charge >= 0.3 is 0 Å². The quantitative estimate of drug-likeness (QED) is 0.714. The van der Waals surface area contributed by atoms with Crippen LogP contribution in [0.3, 0.4) is 0 Å². The van der Waals surface area contributed by atoms with Crippen LogP contribution in [0.25, 0.3) is 11.2 Å². The third-order valence-electron chi connectivity index (χ3n) is 3.87. The highest BCUT2D eigenvalue weighted by Crippen LogP contribution is 2.25. The first-order valence-electron chi connectivity index (χ1n) is 7.86. The second-order valence-corrected chi connectivity index (χ2v) is 6.47. The Labute approximate surface area is 146 Å². The number of anilines is 2. The Balaban J connectivity index is 1.94. The lowest BCUT2D eigenvalue weighted by Crippen LogP contribution is -2.13. The van der Waals surface area contributed by atoms with Gasteiger partial charge in [0.05, 0.1) is 6.33 Å². The van der Waals surface area contributed by atoms with Gasteiger partial charge in [-0.3, -0.25) is 0 Å². The van der Waals surface area contributed by atoms with Gasteiger partial charge in [0.1, 0.15) is 0 Å². The van der Waals surface area contributed by atoms with Crippen LogP contribution >= 0.6 is 11.6 Å². The SMILES string of the molecule is CC(C)n1cnc2c(NCc3ccccc3N(C)C)nc(Cl)nc21. The van der Waals surface area contributed by atoms with Crippen molar-refractivity contribution in [1.29, 1.82) is 0 Å². The van der Waals surface area contributed by atoms with E-state index in [1.54, 1.807) is 6.33 Å². The molecule has 0 aliphatic carbocycles. The summed E-state index contributed by atoms with van der Waals surface area (Å²) in [5, 5.41) is 3.57. The van der Waals surface area contributed by atoms with Gasteiger partial charge < -0.3 is 14.8 Å². The molecule has 0 fully saturated rings. The van der Waals surface area contributed by atoms with Gasteiger partial charge in [-0.1, -0.05) is 18.2 Å². The van der Waals surface area contributed by atoms with Crippen molar-refractivity contribution in [1.82, 2.24) is 19.5 Å². The number of rotatable bonds is 5. The van der Waals surface area contributed by atoms with Crippen LogP contribution in [0, 0.1) is 0 Å². The molecule has 6 nitrogen and oxygen atoms in total. The van der Waals surface area contributed by atoms with Crippen LogP contribution in [0.1, 0.15) is 25.5 Å². The van der Waals surface area contributed by atoms with Crippen LogP contribution in [-0.2, 0) is 6.54 Å². The molecule has 0 saturated carbocycles. The van der Waals surface area contributed by atoms with E-state index in [1.807, 2.05) is 30.8 Å². The lowest BCUT2D eigenvalue weighted by molar-refractivity contribution is 0.612. The number of hydrogen-bond acceptors (Lipinski definition) is 5. The van der Waals surface area contributed by atoms with Crippen LogP contribution in [0.5, 0.6) is 0 Å². The molecule has 0 aliphatic heterocycles. The van der Waals surface area contributed by atoms with Crippen LogP contribution in [0.15, 0.2) is 30.6 Å². The molecule has 0 radical (unpaired) electrons. The highest BCUT2D eigenvalue weighted by molar-refractivity contribution is 6.28. The molecule has 0 bridgehead atoms. The Morgan fingerprint density at radius 3 is 2.67 bits per heavy atom. The van der Waals surface area contributed by atoms with Crippen molar-refractivity contribution in [3.8, 4) is 0 Å². The molecule has 3 rings (SSSR count). The molecule has 0 saturated heterocycles. The number of hydrogen-bond donors (Lipinski definition) is 1. The number of aromatic nitrogens is 4. The summed E-state index contributed by atoms with van der Waals surface area (Å²) in [4.78, 5) is 15.2. The molecule has 0 amide bonds. The molecular formula is C17H21ClN6. The third-order valence-corrected chi connectivity index (χ3v) is 4.04. The summed E-state index contributed by atoms with van der Waals surface area (Å²) < 4.78 is 1.99. The topological polar surface area (TPSA) is 58.9 Å². The number of nitrogens with zero attached hydrogens (tertiary/aromatic N) is 5. The van der Waals surface area contributed by atoms with Crippen molar-refractivity contribution >= 4 is 34.3 Å². The van der Waals surface area contributed by atoms with Crippen molar-refractivity contribution in [3.63, 3.8) is 0 Å². The summed E-state index contributed by atoms with van der Waals surface area (Å²) in [6.45, 7) is 4.79. The van der Waals surface area contributed by atoms with E-state index in [0.29, 0.717) is 12.4 Å². The number of nitrogens with one attached hydrogen (secondary N) is 1. The van der Waals surface area contributed by atoms with Gasteiger partial charge in [-0.25, -0.2) is 4.98 Å². The molecule has 0 spiro atoms. The molecule has 0 aliphatic rings. The number of imidazole rings is 1. The molecule has 0 unspecified atom stereocenters. The minimum atomic E-state index is 0.216. The summed E-state index contributed by atoms with van der Waals surface area (Å²) in [6, 6.07) is 8.49. The molecule has 2 aromatic heterocycles. The number of para-hydroxylation sites is 1. The van der Waals surface area contributed by atoms with E-state index in [-0.39, 0.29) is 11.3 Å². The Hall–Kier alpha value is -2.34. The summed E-state index contributed by atoms with van der Waals surface area (Å²) in [7, 11) is 4.06. The molecule has 24 heavy (non-hydrogen) atoms. The van der Waals surface area contributed by atoms with Crippen molar-refractivity contribution in [2.75, 3.05) is 24.3 Å². The normalized spacial score (nSPS) is 11.2. The number of fused-ring (bicyclic) bond motifs is 1. The van der Waals surface area contributed by atoms with Crippen LogP contribution in [0.4, 0.5) is 11.5 Å². The van der Waals surface area contributed by atoms with Gasteiger partial charge in [0, 0.05) is 32.4 Å². The second kappa shape index (κ2) is 6.65. The van der Waals surface area contributed by atoms with Gasteiger partial charge in [-0.15, -0.1) is 0 Å². The molecule has 126 valence electrons. The summed E-state index contributed by atoms with van der Waals surface area (Å²) in [5.41, 5.74) is 3.81. The Kier molecular flexibility index (Phi) is 4.57. The van der Waals surface area contributed by atoms with E-state index >= 15 is 0 Å². The molecular weight excluding hydrogens is 324 g/mol. The average Bonchev–Trinajstić information content (AvgIpc) is 2.96. The van der Waals surface area contributed by atoms with E-state index in [9.17, 15) is 0 Å². The van der Waals surface area contributed by atoms with Crippen LogP contribution in [-0.4, -0.2) is 33.6 Å². The smallest absolute Gasteiger partial charge is 0.226 e. The Bertz CT molecular complexity index is 855. The monoisotopic (exact) mass is 344 g/mol. The Morgan fingerprint density at radius 2 is 1.96 bits per heavy atom. The largest absolute Gasteiger partial charge is 0.377 e. The fraction of sp³-hybridized carbons (Fsp3) is 0.353. The fourth-order valence-electron chi connectivity index (χ4n) is 2.67. The first-order valence-corrected chi connectivity index (χ1v) is 8.24. The van der Waals surface area contributed by atoms with Gasteiger partial charge in [0.15, 0.2) is 17.0 Å². The maximum Gasteiger partial charge on any atom is 0.226 e. The highest BCUT2D eigenvalue weighted by Gasteiger charge is 2.14. The van der Waals surface area contributed by atoms with E-state index in [4.69, 9.17) is 11.6 Å². The fourth-order valence-corrected chi connectivity index (χ4v) is 2.83. The zero-order chi connectivity index (χ0) is 17.3. The standard InChI is InChI=1S/C17H21ClN6/c1-11(2)24-10-20-14-15(21-17(18)22-16(14)24)19-9-12-7-5-6-8-13(12)23(3)4/h5-8,10-11H,9H2,1-4H3,(H,19,21,22). The van der Waals surface area contributed by atoms with Gasteiger partial charge in [-0.2, -0.15) is 9.97 Å². The number of benzene rings is 1. The van der Waals surface area contributed by atoms with Gasteiger partial charge in [0.25, 0.3) is 0 Å². The minimum absolute atomic E-state index is 0.216. The first kappa shape index (κ1) is 16.5. The predicted molar refractivity (Wildman–Crippen MR) is 98.8 cm³/mol. The summed E-state index contributed by atoms with van der Waals surface area (Å²) in [5.74, 6) is 0.651. The lowest BCUT2D eigenvalue weighted by atomic mass is 10.1. The summed E-state index contributed by atoms with van der Waals surface area (Å²) in [6.07, 6.45) is 1.78. The zero-order valence-corrected chi connectivity index (χ0v) is 15.0. The summed E-state index contributed by atoms with van der Waals surface area (Å²) >= 11 is 6.11. The van der Waals surface area contributed by atoms with Gasteiger partial charge in [-0.05, 0) is 37.1 Å². The Morgan fingerprint density at radius 1 is 1.21 bits per heavy atom. The second-order valence-electron chi connectivity index (χ2n) is 6.14. The number of halogens is 1. The van der Waals surface area contributed by atoms with Crippen molar-refractivity contribution in [2.24, 2.45) is 0 Å². The van der Waals surface area contributed by atoms with Crippen molar-refractivity contribution in [3.05, 3.63) is 41.4 Å². The maximum atomic E-state index is 6.11. The predicted octanol–water partition coefficient (Wildman–Crippen LogP) is 3.74. The van der Waals surface area contributed by atoms with Crippen molar-refractivity contribution in [2.45, 2.75) is 26.4 Å². The molecule has 7 heteroatoms. The lowest BCUT2D eigenvalue weighted by Gasteiger charge is -2.18. The van der Waals surface area contributed by atoms with Crippen LogP contribution in [0.2, 0.25) is 5.28 Å². The minimum Gasteiger partial charge on any atom is -0.377 e. The van der Waals surface area contributed by atoms with E-state index < -0.39 is 0 Å². The van der Waals surface area contributed by atoms with Crippen molar-refractivity contribution < 1.29 is 0 Å². The first-order chi connectivity index (χ1) is 11.5. The molecule has 1 aromatic carbocycles. The zero-order valence-electron chi connectivity index (χ0n) is 14.3. The maximum absolute atomic E-state index is 6.11. The van der Waals surface area contributed by atoms with E-state index in [2.05, 4.69) is 51.1 Å². The van der Waals surface area contributed by atoms with Crippen LogP contribution < -0.4 is 10.2 Å². The average molecular weight is 345 g/mol. The molecule has 2 heterocycles. The molecule has 3 aromatic rings.